The van der Waals surface area contributed by atoms with Crippen LogP contribution in [0.4, 0.5) is 0 Å². The topological polar surface area (TPSA) is 100 Å². The highest BCUT2D eigenvalue weighted by Crippen LogP contribution is 2.40. The Morgan fingerprint density at radius 2 is 1.84 bits per heavy atom. The number of carbonyl (C=O) groups excluding carboxylic acids is 1. The lowest BCUT2D eigenvalue weighted by Gasteiger charge is -2.27. The molecule has 2 N–H and O–H groups in total. The molecule has 0 spiro atoms. The first kappa shape index (κ1) is 26.3. The minimum absolute atomic E-state index is 0.00109. The quantitative estimate of drug-likeness (QED) is 0.320. The second kappa shape index (κ2) is 9.57. The lowest BCUT2D eigenvalue weighted by atomic mass is 10.1. The van der Waals surface area contributed by atoms with Gasteiger partial charge in [-0.2, -0.15) is 0 Å². The highest BCUT2D eigenvalue weighted by Gasteiger charge is 2.47. The molecule has 1 saturated heterocycles. The first-order valence-corrected chi connectivity index (χ1v) is 15.2. The first-order chi connectivity index (χ1) is 20.8. The van der Waals surface area contributed by atoms with Crippen molar-refractivity contribution < 1.29 is 9.53 Å². The fourth-order valence-electron chi connectivity index (χ4n) is 7.37. The number of nitrogens with two attached hydrogens (primary N) is 1. The summed E-state index contributed by atoms with van der Waals surface area (Å²) in [6.45, 7) is 1.62. The van der Waals surface area contributed by atoms with E-state index in [1.54, 1.807) is 24.8 Å². The molecule has 1 amide bonds. The van der Waals surface area contributed by atoms with Gasteiger partial charge in [-0.3, -0.25) is 9.59 Å². The molecule has 220 valence electrons. The van der Waals surface area contributed by atoms with E-state index in [2.05, 4.69) is 33.4 Å². The monoisotopic (exact) mass is 576 g/mol. The maximum Gasteiger partial charge on any atom is 0.254 e. The van der Waals surface area contributed by atoms with Gasteiger partial charge in [0, 0.05) is 68.0 Å². The van der Waals surface area contributed by atoms with Gasteiger partial charge in [0.25, 0.3) is 11.5 Å². The van der Waals surface area contributed by atoms with Crippen LogP contribution in [0.15, 0.2) is 59.5 Å². The van der Waals surface area contributed by atoms with Gasteiger partial charge in [0.2, 0.25) is 0 Å². The molecule has 4 heterocycles. The number of piperidine rings is 1. The molecule has 43 heavy (non-hydrogen) atoms. The van der Waals surface area contributed by atoms with E-state index in [0.29, 0.717) is 23.1 Å². The van der Waals surface area contributed by atoms with E-state index < -0.39 is 0 Å². The number of hydrogen-bond donors (Lipinski definition) is 1. The van der Waals surface area contributed by atoms with Crippen molar-refractivity contribution in [1.29, 1.82) is 0 Å². The van der Waals surface area contributed by atoms with Crippen molar-refractivity contribution in [2.24, 2.45) is 31.7 Å². The standard InChI is InChI=1S/C34H36N6O3/c1-37-11-10-21(16-30(37)41)20-6-7-22-14-28(39(27(22)13-20)17-19-4-5-19)33-36-25-12-24(15-29(43-3)32(25)38(33)2)34(42)40-18-23-8-9-26(40)31(23)35/h6-7,10-16,19,23,26,31H,4-5,8-9,17-18,35H2,1-3H3. The Hall–Kier alpha value is -4.37. The number of amides is 1. The molecular formula is C34H36N6O3. The van der Waals surface area contributed by atoms with E-state index in [1.165, 1.54) is 12.8 Å². The van der Waals surface area contributed by atoms with Crippen LogP contribution in [-0.2, 0) is 20.6 Å². The van der Waals surface area contributed by atoms with Crippen molar-refractivity contribution >= 4 is 27.8 Å². The molecule has 8 rings (SSSR count). The fourth-order valence-corrected chi connectivity index (χ4v) is 7.37. The van der Waals surface area contributed by atoms with Crippen LogP contribution >= 0.6 is 0 Å². The zero-order chi connectivity index (χ0) is 29.6. The molecule has 5 aromatic rings. The van der Waals surface area contributed by atoms with Gasteiger partial charge in [-0.25, -0.2) is 4.98 Å². The van der Waals surface area contributed by atoms with Crippen LogP contribution in [0.2, 0.25) is 0 Å². The smallest absolute Gasteiger partial charge is 0.254 e. The number of hydrogen-bond acceptors (Lipinski definition) is 5. The third-order valence-corrected chi connectivity index (χ3v) is 10.0. The highest BCUT2D eigenvalue weighted by molar-refractivity contribution is 6.00. The number of ether oxygens (including phenoxy) is 1. The zero-order valence-corrected chi connectivity index (χ0v) is 24.8. The molecular weight excluding hydrogens is 540 g/mol. The van der Waals surface area contributed by atoms with Crippen LogP contribution in [0.25, 0.3) is 44.6 Å². The zero-order valence-electron chi connectivity index (χ0n) is 24.8. The van der Waals surface area contributed by atoms with Crippen LogP contribution in [-0.4, -0.2) is 55.2 Å². The van der Waals surface area contributed by atoms with Crippen LogP contribution in [0, 0.1) is 11.8 Å². The molecule has 3 aromatic heterocycles. The van der Waals surface area contributed by atoms with Gasteiger partial charge >= 0.3 is 0 Å². The highest BCUT2D eigenvalue weighted by atomic mass is 16.5. The Balaban J connectivity index is 1.24. The van der Waals surface area contributed by atoms with Gasteiger partial charge < -0.3 is 29.1 Å². The molecule has 3 fully saturated rings. The van der Waals surface area contributed by atoms with E-state index in [4.69, 9.17) is 15.5 Å². The second-order valence-corrected chi connectivity index (χ2v) is 12.7. The molecule has 2 aliphatic carbocycles. The number of aromatic nitrogens is 4. The van der Waals surface area contributed by atoms with E-state index in [-0.39, 0.29) is 23.6 Å². The summed E-state index contributed by atoms with van der Waals surface area (Å²) in [5, 5.41) is 1.12. The minimum atomic E-state index is -0.0294. The number of rotatable bonds is 6. The average molecular weight is 577 g/mol. The molecule has 0 radical (unpaired) electrons. The number of methoxy groups -OCH3 is 1. The Labute approximate surface area is 249 Å². The predicted molar refractivity (Wildman–Crippen MR) is 167 cm³/mol. The first-order valence-electron chi connectivity index (χ1n) is 15.2. The van der Waals surface area contributed by atoms with E-state index in [1.807, 2.05) is 36.3 Å². The van der Waals surface area contributed by atoms with Crippen molar-refractivity contribution in [3.8, 4) is 28.4 Å². The molecule has 1 aliphatic heterocycles. The number of likely N-dealkylation sites (tertiary alicyclic amines) is 1. The molecule has 3 unspecified atom stereocenters. The molecule has 9 heteroatoms. The predicted octanol–water partition coefficient (Wildman–Crippen LogP) is 4.54. The van der Waals surface area contributed by atoms with Crippen LogP contribution in [0.3, 0.4) is 0 Å². The normalized spacial score (nSPS) is 21.4. The summed E-state index contributed by atoms with van der Waals surface area (Å²) in [7, 11) is 5.42. The molecule has 2 aromatic carbocycles. The van der Waals surface area contributed by atoms with Crippen molar-refractivity contribution in [3.05, 3.63) is 70.6 Å². The van der Waals surface area contributed by atoms with Crippen molar-refractivity contribution in [2.45, 2.75) is 44.3 Å². The summed E-state index contributed by atoms with van der Waals surface area (Å²) in [6.07, 6.45) is 6.32. The molecule has 3 atom stereocenters. The summed E-state index contributed by atoms with van der Waals surface area (Å²) >= 11 is 0. The lowest BCUT2D eigenvalue weighted by Crippen LogP contribution is -2.41. The summed E-state index contributed by atoms with van der Waals surface area (Å²) in [4.78, 5) is 33.1. The van der Waals surface area contributed by atoms with E-state index >= 15 is 0 Å². The van der Waals surface area contributed by atoms with Crippen molar-refractivity contribution in [2.75, 3.05) is 13.7 Å². The summed E-state index contributed by atoms with van der Waals surface area (Å²) in [5.74, 6) is 2.49. The summed E-state index contributed by atoms with van der Waals surface area (Å²) < 4.78 is 11.9. The van der Waals surface area contributed by atoms with Crippen molar-refractivity contribution in [3.63, 3.8) is 0 Å². The van der Waals surface area contributed by atoms with Gasteiger partial charge in [0.15, 0.2) is 5.82 Å². The molecule has 2 saturated carbocycles. The fraction of sp³-hybridized carbons (Fsp3) is 0.382. The van der Waals surface area contributed by atoms with Crippen LogP contribution in [0.1, 0.15) is 36.0 Å². The third kappa shape index (κ3) is 4.12. The maximum atomic E-state index is 13.7. The summed E-state index contributed by atoms with van der Waals surface area (Å²) in [5.41, 5.74) is 12.6. The van der Waals surface area contributed by atoms with Crippen LogP contribution in [0.5, 0.6) is 5.75 Å². The molecule has 3 aliphatic rings. The Kier molecular flexibility index (Phi) is 5.85. The number of pyridine rings is 1. The minimum Gasteiger partial charge on any atom is -0.494 e. The molecule has 2 bridgehead atoms. The summed E-state index contributed by atoms with van der Waals surface area (Å²) in [6, 6.07) is 16.2. The second-order valence-electron chi connectivity index (χ2n) is 12.7. The number of nitrogens with zero attached hydrogens (tertiary/aromatic N) is 5. The number of aryl methyl sites for hydroxylation is 2. The van der Waals surface area contributed by atoms with Gasteiger partial charge in [-0.15, -0.1) is 0 Å². The van der Waals surface area contributed by atoms with Gasteiger partial charge in [0.05, 0.1) is 18.3 Å². The number of imidazole rings is 1. The van der Waals surface area contributed by atoms with Crippen LogP contribution < -0.4 is 16.0 Å². The number of benzene rings is 2. The Morgan fingerprint density at radius 3 is 2.53 bits per heavy atom. The lowest BCUT2D eigenvalue weighted by molar-refractivity contribution is 0.0700. The number of carbonyl (C=O) groups is 1. The van der Waals surface area contributed by atoms with E-state index in [9.17, 15) is 9.59 Å². The molecule has 9 nitrogen and oxygen atoms in total. The maximum absolute atomic E-state index is 13.7. The Bertz CT molecular complexity index is 2000. The largest absolute Gasteiger partial charge is 0.494 e. The average Bonchev–Trinajstić information content (AvgIpc) is 3.42. The SMILES string of the molecule is COc1cc(C(=O)N2CC3CCC2C3N)cc2nc(-c3cc4ccc(-c5ccn(C)c(=O)c5)cc4n3CC3CC3)n(C)c12. The van der Waals surface area contributed by atoms with Gasteiger partial charge in [-0.05, 0) is 79.0 Å². The van der Waals surface area contributed by atoms with E-state index in [0.717, 1.165) is 70.5 Å². The van der Waals surface area contributed by atoms with Gasteiger partial charge in [-0.1, -0.05) is 12.1 Å². The van der Waals surface area contributed by atoms with Gasteiger partial charge in [0.1, 0.15) is 11.3 Å². The van der Waals surface area contributed by atoms with Crippen molar-refractivity contribution in [1.82, 2.24) is 23.6 Å². The Morgan fingerprint density at radius 1 is 1.02 bits per heavy atom. The number of fused-ring (bicyclic) bond motifs is 4. The third-order valence-electron chi connectivity index (χ3n) is 10.0.